The third-order valence-corrected chi connectivity index (χ3v) is 2.54. The number of hydrogen-bond donors (Lipinski definition) is 0. The zero-order chi connectivity index (χ0) is 12.3. The zero-order valence-corrected chi connectivity index (χ0v) is 10.5. The van der Waals surface area contributed by atoms with Crippen molar-refractivity contribution in [3.8, 4) is 0 Å². The molecule has 0 fully saturated rings. The van der Waals surface area contributed by atoms with Gasteiger partial charge in [-0.25, -0.2) is 18.6 Å². The van der Waals surface area contributed by atoms with Crippen LogP contribution in [-0.4, -0.2) is 17.6 Å². The van der Waals surface area contributed by atoms with Crippen LogP contribution in [0.4, 0.5) is 8.78 Å². The first-order valence-electron chi connectivity index (χ1n) is 4.28. The molecule has 0 aromatic carbocycles. The van der Waals surface area contributed by atoms with E-state index in [1.54, 1.807) is 6.92 Å². The number of rotatable bonds is 3. The van der Waals surface area contributed by atoms with Gasteiger partial charge in [-0.2, -0.15) is 0 Å². The van der Waals surface area contributed by atoms with Crippen LogP contribution in [0.2, 0.25) is 5.02 Å². The number of nitrogens with zero attached hydrogens (tertiary/aromatic N) is 1. The maximum Gasteiger partial charge on any atom is 0.358 e. The largest absolute Gasteiger partial charge is 0.461 e. The summed E-state index contributed by atoms with van der Waals surface area (Å²) in [6, 6.07) is 1.20. The van der Waals surface area contributed by atoms with Gasteiger partial charge in [0.2, 0.25) is 0 Å². The van der Waals surface area contributed by atoms with Crippen molar-refractivity contribution in [1.82, 2.24) is 4.98 Å². The Bertz CT molecular complexity index is 415. The van der Waals surface area contributed by atoms with Gasteiger partial charge in [0.1, 0.15) is 5.69 Å². The average molecular weight is 315 g/mol. The van der Waals surface area contributed by atoms with Crippen molar-refractivity contribution in [3.05, 3.63) is 26.9 Å². The predicted molar refractivity (Wildman–Crippen MR) is 57.9 cm³/mol. The number of pyridine rings is 1. The maximum absolute atomic E-state index is 12.5. The van der Waals surface area contributed by atoms with Crippen molar-refractivity contribution in [2.75, 3.05) is 6.61 Å². The van der Waals surface area contributed by atoms with Crippen LogP contribution in [0, 0.1) is 0 Å². The minimum Gasteiger partial charge on any atom is -0.461 e. The van der Waals surface area contributed by atoms with Gasteiger partial charge in [-0.3, -0.25) is 0 Å². The van der Waals surface area contributed by atoms with E-state index in [1.807, 2.05) is 0 Å². The summed E-state index contributed by atoms with van der Waals surface area (Å²) in [7, 11) is 0. The zero-order valence-electron chi connectivity index (χ0n) is 8.14. The fourth-order valence-corrected chi connectivity index (χ4v) is 1.82. The van der Waals surface area contributed by atoms with Gasteiger partial charge in [0.05, 0.1) is 16.1 Å². The van der Waals surface area contributed by atoms with Gasteiger partial charge < -0.3 is 4.74 Å². The standard InChI is InChI=1S/C9H7BrClF2NO2/c1-2-16-9(15)6-4(10)3-5(11)7(14-6)8(12)13/h3,8H,2H2,1H3. The third kappa shape index (κ3) is 2.89. The molecule has 1 heterocycles. The second-order valence-corrected chi connectivity index (χ2v) is 3.97. The minimum absolute atomic E-state index is 0.138. The molecule has 3 nitrogen and oxygen atoms in total. The summed E-state index contributed by atoms with van der Waals surface area (Å²) >= 11 is 8.56. The number of carbonyl (C=O) groups is 1. The van der Waals surface area contributed by atoms with Crippen LogP contribution in [0.1, 0.15) is 29.5 Å². The van der Waals surface area contributed by atoms with Crippen LogP contribution < -0.4 is 0 Å². The van der Waals surface area contributed by atoms with Crippen LogP contribution >= 0.6 is 27.5 Å². The highest BCUT2D eigenvalue weighted by Crippen LogP contribution is 2.29. The van der Waals surface area contributed by atoms with Crippen molar-refractivity contribution in [1.29, 1.82) is 0 Å². The van der Waals surface area contributed by atoms with Gasteiger partial charge in [-0.05, 0) is 28.9 Å². The lowest BCUT2D eigenvalue weighted by Gasteiger charge is -2.07. The summed E-state index contributed by atoms with van der Waals surface area (Å²) in [5.41, 5.74) is -0.838. The van der Waals surface area contributed by atoms with E-state index in [0.29, 0.717) is 0 Å². The van der Waals surface area contributed by atoms with Gasteiger partial charge in [0, 0.05) is 0 Å². The number of halogens is 4. The molecule has 0 aliphatic carbocycles. The summed E-state index contributed by atoms with van der Waals surface area (Å²) in [5.74, 6) is -0.770. The number of carbonyl (C=O) groups excluding carboxylic acids is 1. The molecular formula is C9H7BrClF2NO2. The Morgan fingerprint density at radius 1 is 1.69 bits per heavy atom. The summed E-state index contributed by atoms with van der Waals surface area (Å²) in [5, 5.41) is -0.199. The van der Waals surface area contributed by atoms with Gasteiger partial charge in [-0.15, -0.1) is 0 Å². The molecular weight excluding hydrogens is 307 g/mol. The van der Waals surface area contributed by atoms with Crippen molar-refractivity contribution in [2.45, 2.75) is 13.3 Å². The Kier molecular flexibility index (Phi) is 4.61. The first kappa shape index (κ1) is 13.3. The van der Waals surface area contributed by atoms with E-state index < -0.39 is 18.1 Å². The second-order valence-electron chi connectivity index (χ2n) is 2.71. The molecule has 0 saturated heterocycles. The average Bonchev–Trinajstić information content (AvgIpc) is 2.17. The fourth-order valence-electron chi connectivity index (χ4n) is 0.976. The second kappa shape index (κ2) is 5.54. The van der Waals surface area contributed by atoms with Crippen molar-refractivity contribution >= 4 is 33.5 Å². The van der Waals surface area contributed by atoms with Crippen LogP contribution in [0.3, 0.4) is 0 Å². The molecule has 1 rings (SSSR count). The monoisotopic (exact) mass is 313 g/mol. The fraction of sp³-hybridized carbons (Fsp3) is 0.333. The van der Waals surface area contributed by atoms with Crippen molar-refractivity contribution < 1.29 is 18.3 Å². The SMILES string of the molecule is CCOC(=O)c1nc(C(F)F)c(Cl)cc1Br. The quantitative estimate of drug-likeness (QED) is 0.800. The lowest BCUT2D eigenvalue weighted by atomic mass is 10.3. The van der Waals surface area contributed by atoms with E-state index >= 15 is 0 Å². The number of hydrogen-bond acceptors (Lipinski definition) is 3. The molecule has 0 amide bonds. The molecule has 0 unspecified atom stereocenters. The molecule has 0 N–H and O–H groups in total. The number of esters is 1. The third-order valence-electron chi connectivity index (χ3n) is 1.63. The van der Waals surface area contributed by atoms with E-state index in [2.05, 4.69) is 25.7 Å². The van der Waals surface area contributed by atoms with Crippen LogP contribution in [0.5, 0.6) is 0 Å². The number of ether oxygens (including phenoxy) is 1. The van der Waals surface area contributed by atoms with Gasteiger partial charge >= 0.3 is 5.97 Å². The van der Waals surface area contributed by atoms with Gasteiger partial charge in [0.25, 0.3) is 6.43 Å². The Morgan fingerprint density at radius 3 is 2.81 bits per heavy atom. The van der Waals surface area contributed by atoms with Gasteiger partial charge in [-0.1, -0.05) is 11.6 Å². The first-order chi connectivity index (χ1) is 7.47. The van der Waals surface area contributed by atoms with Gasteiger partial charge in [0.15, 0.2) is 5.69 Å². The molecule has 16 heavy (non-hydrogen) atoms. The Morgan fingerprint density at radius 2 is 2.31 bits per heavy atom. The Labute approximate surface area is 104 Å². The van der Waals surface area contributed by atoms with E-state index in [4.69, 9.17) is 11.6 Å². The lowest BCUT2D eigenvalue weighted by Crippen LogP contribution is -2.10. The maximum atomic E-state index is 12.5. The van der Waals surface area contributed by atoms with E-state index in [-0.39, 0.29) is 21.8 Å². The molecule has 0 bridgehead atoms. The molecule has 0 aliphatic rings. The van der Waals surface area contributed by atoms with Crippen LogP contribution in [0.25, 0.3) is 0 Å². The molecule has 0 atom stereocenters. The van der Waals surface area contributed by atoms with Crippen LogP contribution in [0.15, 0.2) is 10.5 Å². The Hall–Kier alpha value is -0.750. The highest BCUT2D eigenvalue weighted by Gasteiger charge is 2.21. The normalized spacial score (nSPS) is 10.6. The molecule has 0 saturated carbocycles. The summed E-state index contributed by atoms with van der Waals surface area (Å²) in [4.78, 5) is 14.8. The molecule has 1 aromatic rings. The van der Waals surface area contributed by atoms with E-state index in [9.17, 15) is 13.6 Å². The highest BCUT2D eigenvalue weighted by atomic mass is 79.9. The lowest BCUT2D eigenvalue weighted by molar-refractivity contribution is 0.0516. The molecule has 88 valence electrons. The molecule has 0 aliphatic heterocycles. The topological polar surface area (TPSA) is 39.2 Å². The summed E-state index contributed by atoms with van der Waals surface area (Å²) in [6.45, 7) is 1.75. The van der Waals surface area contributed by atoms with E-state index in [1.165, 1.54) is 6.07 Å². The van der Waals surface area contributed by atoms with E-state index in [0.717, 1.165) is 0 Å². The number of aromatic nitrogens is 1. The Balaban J connectivity index is 3.19. The summed E-state index contributed by atoms with van der Waals surface area (Å²) in [6.07, 6.45) is -2.84. The molecule has 0 radical (unpaired) electrons. The number of alkyl halides is 2. The predicted octanol–water partition coefficient (Wildman–Crippen LogP) is 3.61. The van der Waals surface area contributed by atoms with Crippen molar-refractivity contribution in [3.63, 3.8) is 0 Å². The summed E-state index contributed by atoms with van der Waals surface area (Å²) < 4.78 is 29.8. The molecule has 1 aromatic heterocycles. The molecule has 0 spiro atoms. The van der Waals surface area contributed by atoms with Crippen molar-refractivity contribution in [2.24, 2.45) is 0 Å². The molecule has 7 heteroatoms. The first-order valence-corrected chi connectivity index (χ1v) is 5.45. The minimum atomic E-state index is -2.84. The van der Waals surface area contributed by atoms with Crippen LogP contribution in [-0.2, 0) is 4.74 Å². The highest BCUT2D eigenvalue weighted by molar-refractivity contribution is 9.10. The smallest absolute Gasteiger partial charge is 0.358 e.